The van der Waals surface area contributed by atoms with Gasteiger partial charge < -0.3 is 0 Å². The summed E-state index contributed by atoms with van der Waals surface area (Å²) in [6.45, 7) is 0. The lowest BCUT2D eigenvalue weighted by atomic mass is 10.1. The Bertz CT molecular complexity index is 579. The van der Waals surface area contributed by atoms with E-state index in [-0.39, 0.29) is 0 Å². The van der Waals surface area contributed by atoms with Gasteiger partial charge in [0.2, 0.25) is 0 Å². The highest BCUT2D eigenvalue weighted by Gasteiger charge is 2.02. The molecule has 0 aliphatic carbocycles. The zero-order valence-corrected chi connectivity index (χ0v) is 9.75. The van der Waals surface area contributed by atoms with Crippen LogP contribution in [0.4, 0.5) is 0 Å². The fourth-order valence-electron chi connectivity index (χ4n) is 1.83. The summed E-state index contributed by atoms with van der Waals surface area (Å²) in [6, 6.07) is 20.9. The first-order valence-electron chi connectivity index (χ1n) is 5.78. The molecule has 0 fully saturated rings. The van der Waals surface area contributed by atoms with Crippen molar-refractivity contribution in [1.82, 2.24) is 9.97 Å². The minimum atomic E-state index is 0.926. The Kier molecular flexibility index (Phi) is 2.84. The maximum Gasteiger partial charge on any atom is 0.0708 e. The predicted molar refractivity (Wildman–Crippen MR) is 71.7 cm³/mol. The van der Waals surface area contributed by atoms with Crippen molar-refractivity contribution < 1.29 is 0 Å². The monoisotopic (exact) mass is 231 g/mol. The van der Waals surface area contributed by atoms with Crippen LogP contribution in [0.2, 0.25) is 0 Å². The summed E-state index contributed by atoms with van der Waals surface area (Å²) in [4.78, 5) is 8.68. The van der Waals surface area contributed by atoms with Crippen LogP contribution in [-0.4, -0.2) is 9.97 Å². The van der Waals surface area contributed by atoms with Crippen LogP contribution in [0.3, 0.4) is 0 Å². The Balaban J connectivity index is 2.05. The number of hydrogen-bond acceptors (Lipinski definition) is 2. The van der Waals surface area contributed by atoms with Gasteiger partial charge in [-0.15, -0.1) is 0 Å². The third-order valence-electron chi connectivity index (χ3n) is 2.70. The van der Waals surface area contributed by atoms with Gasteiger partial charge in [-0.2, -0.15) is 0 Å². The van der Waals surface area contributed by atoms with Crippen molar-refractivity contribution in [1.29, 1.82) is 0 Å². The zero-order valence-electron chi connectivity index (χ0n) is 9.75. The molecule has 2 heterocycles. The molecule has 0 saturated heterocycles. The Labute approximate surface area is 106 Å². The Morgan fingerprint density at radius 3 is 2.17 bits per heavy atom. The van der Waals surface area contributed by atoms with Crippen molar-refractivity contribution in [2.45, 2.75) is 0 Å². The van der Waals surface area contributed by atoms with Crippen molar-refractivity contribution >= 4 is 0 Å². The largest absolute Gasteiger partial charge is 0.256 e. The summed E-state index contributed by atoms with van der Waals surface area (Å²) < 4.78 is 0. The van der Waals surface area contributed by atoms with Gasteiger partial charge in [0.05, 0.1) is 11.4 Å². The first-order chi connectivity index (χ1) is 8.93. The molecule has 85 valence electrons. The van der Waals surface area contributed by atoms with Crippen molar-refractivity contribution in [3.8, 4) is 22.5 Å². The lowest BCUT2D eigenvalue weighted by Crippen LogP contribution is -1.85. The fraction of sp³-hybridized carbons (Fsp3) is 0. The lowest BCUT2D eigenvalue weighted by Gasteiger charge is -2.03. The molecule has 0 unspecified atom stereocenters. The van der Waals surface area contributed by atoms with Crippen LogP contribution < -0.4 is 0 Å². The molecule has 3 rings (SSSR count). The smallest absolute Gasteiger partial charge is 0.0708 e. The van der Waals surface area contributed by atoms with Crippen molar-refractivity contribution in [3.63, 3.8) is 0 Å². The van der Waals surface area contributed by atoms with Crippen LogP contribution in [0.25, 0.3) is 22.5 Å². The van der Waals surface area contributed by atoms with Crippen LogP contribution in [0, 0.1) is 6.07 Å². The Morgan fingerprint density at radius 2 is 1.50 bits per heavy atom. The molecule has 0 N–H and O–H groups in total. The van der Waals surface area contributed by atoms with Gasteiger partial charge in [-0.25, -0.2) is 0 Å². The number of hydrogen-bond donors (Lipinski definition) is 0. The van der Waals surface area contributed by atoms with Crippen LogP contribution in [0.1, 0.15) is 0 Å². The van der Waals surface area contributed by atoms with Gasteiger partial charge >= 0.3 is 0 Å². The van der Waals surface area contributed by atoms with Gasteiger partial charge in [0.25, 0.3) is 0 Å². The van der Waals surface area contributed by atoms with Gasteiger partial charge in [-0.1, -0.05) is 24.3 Å². The van der Waals surface area contributed by atoms with Crippen LogP contribution in [-0.2, 0) is 0 Å². The second kappa shape index (κ2) is 4.80. The molecule has 18 heavy (non-hydrogen) atoms. The molecule has 0 atom stereocenters. The molecule has 1 aromatic carbocycles. The number of pyridine rings is 2. The van der Waals surface area contributed by atoms with E-state index in [1.807, 2.05) is 48.5 Å². The van der Waals surface area contributed by atoms with Crippen molar-refractivity contribution in [3.05, 3.63) is 73.1 Å². The fourth-order valence-corrected chi connectivity index (χ4v) is 1.83. The molecule has 3 aromatic rings. The van der Waals surface area contributed by atoms with Gasteiger partial charge in [-0.3, -0.25) is 9.97 Å². The zero-order chi connectivity index (χ0) is 12.2. The molecular weight excluding hydrogens is 220 g/mol. The molecule has 0 aliphatic rings. The van der Waals surface area contributed by atoms with Crippen LogP contribution >= 0.6 is 0 Å². The van der Waals surface area contributed by atoms with Crippen LogP contribution in [0.15, 0.2) is 67.0 Å². The number of nitrogens with zero attached hydrogens (tertiary/aromatic N) is 2. The molecule has 2 aromatic heterocycles. The first kappa shape index (κ1) is 10.7. The maximum atomic E-state index is 4.35. The van der Waals surface area contributed by atoms with Crippen LogP contribution in [0.5, 0.6) is 0 Å². The van der Waals surface area contributed by atoms with Gasteiger partial charge in [0.1, 0.15) is 0 Å². The van der Waals surface area contributed by atoms with E-state index < -0.39 is 0 Å². The molecular formula is C16H11N2. The van der Waals surface area contributed by atoms with Crippen molar-refractivity contribution in [2.24, 2.45) is 0 Å². The Hall–Kier alpha value is -2.48. The number of rotatable bonds is 2. The molecule has 0 bridgehead atoms. The molecule has 2 nitrogen and oxygen atoms in total. The van der Waals surface area contributed by atoms with Gasteiger partial charge in [0.15, 0.2) is 0 Å². The molecule has 0 amide bonds. The third-order valence-corrected chi connectivity index (χ3v) is 2.70. The van der Waals surface area contributed by atoms with E-state index in [1.165, 1.54) is 0 Å². The molecule has 1 radical (unpaired) electrons. The molecule has 0 aliphatic heterocycles. The predicted octanol–water partition coefficient (Wildman–Crippen LogP) is 3.61. The standard InChI is InChI=1S/C16H11N2/c1-3-10-17-15(8-1)13-6-5-7-14(12-13)16-9-2-4-11-18-16/h1-6,8-12H. The van der Waals surface area contributed by atoms with E-state index in [0.29, 0.717) is 0 Å². The van der Waals surface area contributed by atoms with E-state index >= 15 is 0 Å². The number of aromatic nitrogens is 2. The average molecular weight is 231 g/mol. The highest BCUT2D eigenvalue weighted by Crippen LogP contribution is 2.22. The maximum absolute atomic E-state index is 4.35. The summed E-state index contributed by atoms with van der Waals surface area (Å²) in [5.41, 5.74) is 3.95. The highest BCUT2D eigenvalue weighted by molar-refractivity contribution is 5.68. The summed E-state index contributed by atoms with van der Waals surface area (Å²) in [7, 11) is 0. The quantitative estimate of drug-likeness (QED) is 0.673. The lowest BCUT2D eigenvalue weighted by molar-refractivity contribution is 1.31. The third kappa shape index (κ3) is 2.13. The summed E-state index contributed by atoms with van der Waals surface area (Å²) >= 11 is 0. The second-order valence-corrected chi connectivity index (χ2v) is 3.92. The molecule has 0 saturated carbocycles. The van der Waals surface area contributed by atoms with E-state index in [1.54, 1.807) is 12.4 Å². The summed E-state index contributed by atoms with van der Waals surface area (Å²) in [5.74, 6) is 0. The minimum absolute atomic E-state index is 0.926. The van der Waals surface area contributed by atoms with E-state index in [2.05, 4.69) is 22.1 Å². The molecule has 0 spiro atoms. The average Bonchev–Trinajstić information content (AvgIpc) is 2.49. The van der Waals surface area contributed by atoms with Gasteiger partial charge in [0, 0.05) is 23.5 Å². The van der Waals surface area contributed by atoms with E-state index in [9.17, 15) is 0 Å². The second-order valence-electron chi connectivity index (χ2n) is 3.92. The molecule has 2 heteroatoms. The number of benzene rings is 1. The normalized spacial score (nSPS) is 10.2. The summed E-state index contributed by atoms with van der Waals surface area (Å²) in [5, 5.41) is 0. The van der Waals surface area contributed by atoms with Gasteiger partial charge in [-0.05, 0) is 36.4 Å². The topological polar surface area (TPSA) is 25.8 Å². The Morgan fingerprint density at radius 1 is 0.778 bits per heavy atom. The van der Waals surface area contributed by atoms with Crippen molar-refractivity contribution in [2.75, 3.05) is 0 Å². The van der Waals surface area contributed by atoms with E-state index in [4.69, 9.17) is 0 Å². The first-order valence-corrected chi connectivity index (χ1v) is 5.78. The summed E-state index contributed by atoms with van der Waals surface area (Å²) in [6.07, 6.45) is 3.59. The highest BCUT2D eigenvalue weighted by atomic mass is 14.7. The van der Waals surface area contributed by atoms with E-state index in [0.717, 1.165) is 22.5 Å². The minimum Gasteiger partial charge on any atom is -0.256 e. The SMILES string of the molecule is [c]1ccc(-c2ccccn2)cc1-c1ccccn1.